The fourth-order valence-corrected chi connectivity index (χ4v) is 10.3. The first-order valence-electron chi connectivity index (χ1n) is 11.8. The first kappa shape index (κ1) is 25.0. The van der Waals surface area contributed by atoms with Gasteiger partial charge in [-0.1, -0.05) is 0 Å². The van der Waals surface area contributed by atoms with Crippen LogP contribution in [0.2, 0.25) is 0 Å². The first-order valence-corrected chi connectivity index (χ1v) is 15.7. The number of unbranched alkanes of at least 4 members (excludes halogenated alkanes) is 6. The molecule has 32 heavy (non-hydrogen) atoms. The molecule has 3 aromatic carbocycles. The molecule has 0 bridgehead atoms. The Labute approximate surface area is 204 Å². The van der Waals surface area contributed by atoms with Crippen molar-refractivity contribution in [2.75, 3.05) is 12.0 Å². The molecular weight excluding hydrogens is 450 g/mol. The zero-order valence-corrected chi connectivity index (χ0v) is 21.3. The molecule has 3 rings (SSSR count). The molecule has 0 unspecified atom stereocenters. The molecule has 0 fully saturated rings. The molecule has 0 radical (unpaired) electrons. The van der Waals surface area contributed by atoms with Crippen LogP contribution in [0.3, 0.4) is 0 Å². The van der Waals surface area contributed by atoms with Crippen LogP contribution < -0.4 is 15.9 Å². The molecule has 0 aliphatic carbocycles. The fourth-order valence-electron chi connectivity index (χ4n) is 4.43. The molecule has 0 amide bonds. The van der Waals surface area contributed by atoms with Gasteiger partial charge in [0.25, 0.3) is 0 Å². The van der Waals surface area contributed by atoms with E-state index in [1.165, 1.54) is 48.0 Å². The van der Waals surface area contributed by atoms with Crippen LogP contribution in [0.5, 0.6) is 0 Å². The Hall–Kier alpha value is -1.59. The van der Waals surface area contributed by atoms with E-state index in [-0.39, 0.29) is 0 Å². The molecule has 0 aromatic heterocycles. The number of hydrogen-bond donors (Lipinski definition) is 0. The van der Waals surface area contributed by atoms with Crippen molar-refractivity contribution < 1.29 is 0 Å². The summed E-state index contributed by atoms with van der Waals surface area (Å²) in [5, 5.41) is 3.67. The molecule has 3 heteroatoms. The van der Waals surface area contributed by atoms with E-state index in [0.717, 1.165) is 24.9 Å². The van der Waals surface area contributed by atoms with Gasteiger partial charge in [0.2, 0.25) is 0 Å². The molecule has 3 aromatic rings. The van der Waals surface area contributed by atoms with Crippen molar-refractivity contribution in [3.8, 4) is 0 Å². The van der Waals surface area contributed by atoms with E-state index in [9.17, 15) is 0 Å². The van der Waals surface area contributed by atoms with Gasteiger partial charge in [-0.3, -0.25) is 0 Å². The summed E-state index contributed by atoms with van der Waals surface area (Å²) in [5.74, 6) is -2.37. The molecule has 0 atom stereocenters. The number of halogens is 2. The van der Waals surface area contributed by atoms with Gasteiger partial charge < -0.3 is 0 Å². The second-order valence-electron chi connectivity index (χ2n) is 8.44. The quantitative estimate of drug-likeness (QED) is 0.0991. The van der Waals surface area contributed by atoms with Crippen LogP contribution in [0.25, 0.3) is 0 Å². The van der Waals surface area contributed by atoms with Gasteiger partial charge in [0.05, 0.1) is 0 Å². The van der Waals surface area contributed by atoms with Crippen molar-refractivity contribution >= 4 is 44.7 Å². The minimum absolute atomic E-state index is 0.789. The standard InChI is InChI=1S/C29H35Cl2P/c30-25-17-6-4-2-1-3-5-7-18-26-32(31,27-19-11-8-12-20-27,28-21-13-9-14-22-28)29-23-15-10-16-24-29/h7-16,18-24H,1-6,17,25-26H2. The Morgan fingerprint density at radius 3 is 1.38 bits per heavy atom. The third kappa shape index (κ3) is 5.85. The van der Waals surface area contributed by atoms with Crippen LogP contribution in [0.4, 0.5) is 0 Å². The number of hydrogen-bond acceptors (Lipinski definition) is 0. The summed E-state index contributed by atoms with van der Waals surface area (Å²) in [6.45, 7) is 0. The fraction of sp³-hybridized carbons (Fsp3) is 0.310. The normalized spacial score (nSPS) is 13.1. The molecule has 0 heterocycles. The maximum absolute atomic E-state index is 8.05. The summed E-state index contributed by atoms with van der Waals surface area (Å²) in [5.41, 5.74) is 0. The van der Waals surface area contributed by atoms with Crippen LogP contribution in [0.15, 0.2) is 103 Å². The maximum atomic E-state index is 8.05. The van der Waals surface area contributed by atoms with E-state index in [4.69, 9.17) is 22.8 Å². The first-order chi connectivity index (χ1) is 15.7. The Balaban J connectivity index is 1.85. The van der Waals surface area contributed by atoms with Crippen LogP contribution in [-0.2, 0) is 0 Å². The van der Waals surface area contributed by atoms with Crippen molar-refractivity contribution in [1.82, 2.24) is 0 Å². The summed E-state index contributed by atoms with van der Waals surface area (Å²) in [6, 6.07) is 32.1. The minimum atomic E-state index is -3.15. The van der Waals surface area contributed by atoms with Crippen LogP contribution in [-0.4, -0.2) is 12.0 Å². The van der Waals surface area contributed by atoms with Gasteiger partial charge in [-0.25, -0.2) is 0 Å². The monoisotopic (exact) mass is 484 g/mol. The predicted octanol–water partition coefficient (Wildman–Crippen LogP) is 8.20. The molecule has 0 saturated heterocycles. The van der Waals surface area contributed by atoms with Crippen LogP contribution in [0.1, 0.15) is 44.9 Å². The Morgan fingerprint density at radius 2 is 0.938 bits per heavy atom. The molecule has 0 saturated carbocycles. The van der Waals surface area contributed by atoms with Crippen molar-refractivity contribution in [2.24, 2.45) is 0 Å². The van der Waals surface area contributed by atoms with E-state index < -0.39 is 5.96 Å². The summed E-state index contributed by atoms with van der Waals surface area (Å²) < 4.78 is 0. The average molecular weight is 485 g/mol. The Morgan fingerprint density at radius 1 is 0.531 bits per heavy atom. The number of benzene rings is 3. The SMILES string of the molecule is ClCCCCCCCCC=CCP(Cl)(c1ccccc1)(c1ccccc1)c1ccccc1. The zero-order valence-electron chi connectivity index (χ0n) is 18.9. The van der Waals surface area contributed by atoms with Crippen molar-refractivity contribution in [2.45, 2.75) is 44.9 Å². The van der Waals surface area contributed by atoms with Crippen LogP contribution in [0, 0.1) is 0 Å². The summed E-state index contributed by atoms with van der Waals surface area (Å²) in [6.07, 6.45) is 14.1. The van der Waals surface area contributed by atoms with Gasteiger partial charge in [-0.2, -0.15) is 0 Å². The van der Waals surface area contributed by atoms with Gasteiger partial charge in [0.1, 0.15) is 0 Å². The topological polar surface area (TPSA) is 0 Å². The van der Waals surface area contributed by atoms with Gasteiger partial charge in [0.15, 0.2) is 0 Å². The Kier molecular flexibility index (Phi) is 9.86. The molecule has 0 spiro atoms. The second-order valence-corrected chi connectivity index (χ2v) is 15.3. The van der Waals surface area contributed by atoms with E-state index in [1.807, 2.05) is 0 Å². The summed E-state index contributed by atoms with van der Waals surface area (Å²) in [4.78, 5) is 0. The van der Waals surface area contributed by atoms with Crippen molar-refractivity contribution in [3.05, 3.63) is 103 Å². The molecule has 0 aliphatic rings. The number of allylic oxidation sites excluding steroid dienone is 2. The van der Waals surface area contributed by atoms with E-state index in [2.05, 4.69) is 103 Å². The molecular formula is C29H35Cl2P. The number of alkyl halides is 1. The van der Waals surface area contributed by atoms with Gasteiger partial charge in [-0.05, 0) is 0 Å². The third-order valence-electron chi connectivity index (χ3n) is 6.25. The molecule has 0 aliphatic heterocycles. The third-order valence-corrected chi connectivity index (χ3v) is 13.7. The molecule has 170 valence electrons. The van der Waals surface area contributed by atoms with Gasteiger partial charge in [0, 0.05) is 0 Å². The van der Waals surface area contributed by atoms with Crippen molar-refractivity contribution in [3.63, 3.8) is 0 Å². The molecule has 0 nitrogen and oxygen atoms in total. The van der Waals surface area contributed by atoms with Crippen molar-refractivity contribution in [1.29, 1.82) is 0 Å². The van der Waals surface area contributed by atoms with E-state index >= 15 is 0 Å². The predicted molar refractivity (Wildman–Crippen MR) is 148 cm³/mol. The molecule has 0 N–H and O–H groups in total. The van der Waals surface area contributed by atoms with Crippen LogP contribution >= 0.6 is 28.8 Å². The van der Waals surface area contributed by atoms with E-state index in [1.54, 1.807) is 0 Å². The van der Waals surface area contributed by atoms with Gasteiger partial charge >= 0.3 is 205 Å². The average Bonchev–Trinajstić information content (AvgIpc) is 2.87. The van der Waals surface area contributed by atoms with Gasteiger partial charge in [-0.15, -0.1) is 0 Å². The second kappa shape index (κ2) is 12.6. The zero-order chi connectivity index (χ0) is 22.6. The summed E-state index contributed by atoms with van der Waals surface area (Å²) >= 11 is 13.8. The number of rotatable bonds is 13. The Bertz CT molecular complexity index is 839. The summed E-state index contributed by atoms with van der Waals surface area (Å²) in [7, 11) is 0. The van der Waals surface area contributed by atoms with E-state index in [0.29, 0.717) is 0 Å².